The van der Waals surface area contributed by atoms with Crippen LogP contribution in [-0.4, -0.2) is 42.7 Å². The van der Waals surface area contributed by atoms with Gasteiger partial charge in [-0.15, -0.1) is 0 Å². The van der Waals surface area contributed by atoms with Gasteiger partial charge in [-0.3, -0.25) is 4.90 Å². The zero-order chi connectivity index (χ0) is 22.1. The second kappa shape index (κ2) is 9.13. The summed E-state index contributed by atoms with van der Waals surface area (Å²) in [4.78, 5) is 4.93. The third-order valence-corrected chi connectivity index (χ3v) is 7.65. The minimum atomic E-state index is -0.714. The van der Waals surface area contributed by atoms with Gasteiger partial charge in [0.25, 0.3) is 0 Å². The Morgan fingerprint density at radius 3 is 2.29 bits per heavy atom. The molecule has 0 spiro atoms. The van der Waals surface area contributed by atoms with E-state index in [1.807, 2.05) is 12.1 Å². The Morgan fingerprint density at radius 1 is 0.968 bits per heavy atom. The number of halogens is 1. The van der Waals surface area contributed by atoms with Gasteiger partial charge in [0.2, 0.25) is 0 Å². The number of hydrogen-bond donors (Lipinski definition) is 1. The molecule has 0 radical (unpaired) electrons. The van der Waals surface area contributed by atoms with Gasteiger partial charge in [-0.2, -0.15) is 0 Å². The van der Waals surface area contributed by atoms with Crippen LogP contribution in [0.1, 0.15) is 57.6 Å². The third kappa shape index (κ3) is 4.94. The average Bonchev–Trinajstić information content (AvgIpc) is 2.76. The fourth-order valence-electron chi connectivity index (χ4n) is 5.30. The minimum absolute atomic E-state index is 0.133. The van der Waals surface area contributed by atoms with Crippen LogP contribution in [0, 0.1) is 5.92 Å². The highest BCUT2D eigenvalue weighted by Gasteiger charge is 2.41. The molecule has 0 bridgehead atoms. The molecule has 4 rings (SSSR count). The van der Waals surface area contributed by atoms with Crippen LogP contribution < -0.4 is 4.90 Å². The molecule has 31 heavy (non-hydrogen) atoms. The Balaban J connectivity index is 1.43. The first-order valence-electron chi connectivity index (χ1n) is 11.8. The van der Waals surface area contributed by atoms with Gasteiger partial charge >= 0.3 is 0 Å². The van der Waals surface area contributed by atoms with E-state index >= 15 is 0 Å². The summed E-state index contributed by atoms with van der Waals surface area (Å²) in [6.07, 6.45) is 4.29. The van der Waals surface area contributed by atoms with E-state index in [1.165, 1.54) is 12.0 Å². The standard InChI is InChI=1S/C27H37ClN2O/c1-26(2,3)21-11-13-22(14-12-21)27(31)15-7-6-8-23(27)20-29-16-18-30(19-17-29)25-10-5-4-9-24(25)28/h4-5,9-14,23,31H,6-8,15-20H2,1-3H3. The lowest BCUT2D eigenvalue weighted by Crippen LogP contribution is -2.51. The van der Waals surface area contributed by atoms with Gasteiger partial charge < -0.3 is 10.0 Å². The fraction of sp³-hybridized carbons (Fsp3) is 0.556. The predicted molar refractivity (Wildman–Crippen MR) is 131 cm³/mol. The second-order valence-electron chi connectivity index (χ2n) is 10.4. The van der Waals surface area contributed by atoms with E-state index in [0.29, 0.717) is 0 Å². The summed E-state index contributed by atoms with van der Waals surface area (Å²) >= 11 is 6.41. The van der Waals surface area contributed by atoms with E-state index in [2.05, 4.69) is 67.0 Å². The molecular formula is C27H37ClN2O. The van der Waals surface area contributed by atoms with Gasteiger partial charge in [-0.25, -0.2) is 0 Å². The Bertz CT molecular complexity index is 868. The van der Waals surface area contributed by atoms with E-state index in [9.17, 15) is 5.11 Å². The monoisotopic (exact) mass is 440 g/mol. The molecule has 0 aromatic heterocycles. The van der Waals surface area contributed by atoms with Crippen molar-refractivity contribution in [1.82, 2.24) is 4.90 Å². The van der Waals surface area contributed by atoms with Gasteiger partial charge in [0.15, 0.2) is 0 Å². The normalized spacial score (nSPS) is 25.6. The molecule has 2 aromatic rings. The van der Waals surface area contributed by atoms with Gasteiger partial charge in [-0.1, -0.05) is 81.6 Å². The summed E-state index contributed by atoms with van der Waals surface area (Å²) in [5.41, 5.74) is 2.97. The van der Waals surface area contributed by atoms with Crippen LogP contribution in [0.4, 0.5) is 5.69 Å². The molecule has 1 heterocycles. The lowest BCUT2D eigenvalue weighted by Gasteiger charge is -2.45. The average molecular weight is 441 g/mol. The predicted octanol–water partition coefficient (Wildman–Crippen LogP) is 5.84. The maximum atomic E-state index is 11.8. The molecule has 4 heteroatoms. The maximum Gasteiger partial charge on any atom is 0.0936 e. The van der Waals surface area contributed by atoms with Crippen LogP contribution in [0.2, 0.25) is 5.02 Å². The first-order chi connectivity index (χ1) is 14.8. The van der Waals surface area contributed by atoms with Crippen molar-refractivity contribution in [2.45, 2.75) is 57.5 Å². The highest BCUT2D eigenvalue weighted by Crippen LogP contribution is 2.43. The zero-order valence-electron chi connectivity index (χ0n) is 19.3. The molecule has 0 amide bonds. The summed E-state index contributed by atoms with van der Waals surface area (Å²) in [7, 11) is 0. The van der Waals surface area contributed by atoms with E-state index in [4.69, 9.17) is 11.6 Å². The molecule has 2 unspecified atom stereocenters. The molecule has 2 atom stereocenters. The third-order valence-electron chi connectivity index (χ3n) is 7.33. The lowest BCUT2D eigenvalue weighted by atomic mass is 9.70. The van der Waals surface area contributed by atoms with Crippen molar-refractivity contribution < 1.29 is 5.11 Å². The molecular weight excluding hydrogens is 404 g/mol. The van der Waals surface area contributed by atoms with Crippen LogP contribution in [0.5, 0.6) is 0 Å². The van der Waals surface area contributed by atoms with Gasteiger partial charge in [0.05, 0.1) is 16.3 Å². The first kappa shape index (κ1) is 22.6. The number of para-hydroxylation sites is 1. The topological polar surface area (TPSA) is 26.7 Å². The van der Waals surface area contributed by atoms with Crippen LogP contribution >= 0.6 is 11.6 Å². The van der Waals surface area contributed by atoms with E-state index < -0.39 is 5.60 Å². The minimum Gasteiger partial charge on any atom is -0.385 e. The van der Waals surface area contributed by atoms with Crippen molar-refractivity contribution in [1.29, 1.82) is 0 Å². The van der Waals surface area contributed by atoms with E-state index in [0.717, 1.165) is 68.3 Å². The second-order valence-corrected chi connectivity index (χ2v) is 10.8. The van der Waals surface area contributed by atoms with Gasteiger partial charge in [-0.05, 0) is 41.5 Å². The Labute approximate surface area is 193 Å². The van der Waals surface area contributed by atoms with Crippen LogP contribution in [0.25, 0.3) is 0 Å². The number of benzene rings is 2. The van der Waals surface area contributed by atoms with Crippen LogP contribution in [-0.2, 0) is 11.0 Å². The Hall–Kier alpha value is -1.55. The molecule has 1 saturated heterocycles. The number of nitrogens with zero attached hydrogens (tertiary/aromatic N) is 2. The fourth-order valence-corrected chi connectivity index (χ4v) is 5.56. The van der Waals surface area contributed by atoms with Crippen LogP contribution in [0.3, 0.4) is 0 Å². The number of aliphatic hydroxyl groups is 1. The maximum absolute atomic E-state index is 11.8. The smallest absolute Gasteiger partial charge is 0.0936 e. The highest BCUT2D eigenvalue weighted by atomic mass is 35.5. The zero-order valence-corrected chi connectivity index (χ0v) is 20.0. The summed E-state index contributed by atoms with van der Waals surface area (Å²) < 4.78 is 0. The van der Waals surface area contributed by atoms with E-state index in [-0.39, 0.29) is 11.3 Å². The highest BCUT2D eigenvalue weighted by molar-refractivity contribution is 6.33. The van der Waals surface area contributed by atoms with Crippen molar-refractivity contribution in [3.05, 3.63) is 64.7 Å². The molecule has 3 nitrogen and oxygen atoms in total. The SMILES string of the molecule is CC(C)(C)c1ccc(C2(O)CCCCC2CN2CCN(c3ccccc3Cl)CC2)cc1. The quantitative estimate of drug-likeness (QED) is 0.647. The first-order valence-corrected chi connectivity index (χ1v) is 12.2. The summed E-state index contributed by atoms with van der Waals surface area (Å²) in [6.45, 7) is 11.7. The molecule has 168 valence electrons. The lowest BCUT2D eigenvalue weighted by molar-refractivity contribution is -0.0660. The number of rotatable bonds is 4. The molecule has 1 aliphatic carbocycles. The molecule has 1 N–H and O–H groups in total. The number of hydrogen-bond acceptors (Lipinski definition) is 3. The van der Waals surface area contributed by atoms with Crippen molar-refractivity contribution in [3.63, 3.8) is 0 Å². The molecule has 2 aromatic carbocycles. The molecule has 1 saturated carbocycles. The molecule has 2 fully saturated rings. The van der Waals surface area contributed by atoms with Gasteiger partial charge in [0, 0.05) is 38.6 Å². The summed E-state index contributed by atoms with van der Waals surface area (Å²) in [5.74, 6) is 0.286. The van der Waals surface area contributed by atoms with E-state index in [1.54, 1.807) is 0 Å². The van der Waals surface area contributed by atoms with Crippen molar-refractivity contribution in [2.24, 2.45) is 5.92 Å². The van der Waals surface area contributed by atoms with Crippen molar-refractivity contribution in [3.8, 4) is 0 Å². The summed E-state index contributed by atoms with van der Waals surface area (Å²) in [5, 5.41) is 12.7. The van der Waals surface area contributed by atoms with Gasteiger partial charge in [0.1, 0.15) is 0 Å². The molecule has 1 aliphatic heterocycles. The largest absolute Gasteiger partial charge is 0.385 e. The van der Waals surface area contributed by atoms with Crippen molar-refractivity contribution in [2.75, 3.05) is 37.6 Å². The Kier molecular flexibility index (Phi) is 6.67. The number of anilines is 1. The van der Waals surface area contributed by atoms with Crippen LogP contribution in [0.15, 0.2) is 48.5 Å². The van der Waals surface area contributed by atoms with Crippen molar-refractivity contribution >= 4 is 17.3 Å². The number of piperazine rings is 1. The summed E-state index contributed by atoms with van der Waals surface area (Å²) in [6, 6.07) is 16.9. The molecule has 2 aliphatic rings. The Morgan fingerprint density at radius 2 is 1.65 bits per heavy atom.